The molecule has 1 N–H and O–H groups in total. The van der Waals surface area contributed by atoms with E-state index in [0.29, 0.717) is 6.42 Å². The summed E-state index contributed by atoms with van der Waals surface area (Å²) in [7, 11) is -3.71. The Hall–Kier alpha value is -2.58. The van der Waals surface area contributed by atoms with Gasteiger partial charge in [-0.25, -0.2) is 22.2 Å². The summed E-state index contributed by atoms with van der Waals surface area (Å²) < 4.78 is 42.0. The van der Waals surface area contributed by atoms with E-state index in [2.05, 4.69) is 14.8 Å². The number of para-hydroxylation sites is 1. The van der Waals surface area contributed by atoms with Crippen molar-refractivity contribution in [1.82, 2.24) is 19.5 Å². The molecule has 0 atom stereocenters. The van der Waals surface area contributed by atoms with Crippen molar-refractivity contribution in [3.63, 3.8) is 0 Å². The zero-order chi connectivity index (χ0) is 17.0. The second-order valence-corrected chi connectivity index (χ2v) is 6.81. The van der Waals surface area contributed by atoms with Crippen molar-refractivity contribution in [2.45, 2.75) is 11.3 Å². The van der Waals surface area contributed by atoms with Crippen LogP contribution in [0.3, 0.4) is 0 Å². The molecule has 6 nitrogen and oxygen atoms in total. The smallest absolute Gasteiger partial charge is 0.243 e. The topological polar surface area (TPSA) is 76.9 Å². The van der Waals surface area contributed by atoms with E-state index in [0.717, 1.165) is 5.69 Å². The summed E-state index contributed by atoms with van der Waals surface area (Å²) in [4.78, 5) is 4.11. The molecule has 124 valence electrons. The van der Waals surface area contributed by atoms with Crippen molar-refractivity contribution in [3.8, 4) is 5.69 Å². The summed E-state index contributed by atoms with van der Waals surface area (Å²) in [5.41, 5.74) is 0.981. The van der Waals surface area contributed by atoms with Gasteiger partial charge in [0.2, 0.25) is 10.0 Å². The summed E-state index contributed by atoms with van der Waals surface area (Å²) in [5.74, 6) is -0.479. The summed E-state index contributed by atoms with van der Waals surface area (Å²) >= 11 is 0. The first kappa shape index (κ1) is 16.3. The molecule has 0 radical (unpaired) electrons. The Kier molecular flexibility index (Phi) is 4.68. The van der Waals surface area contributed by atoms with Crippen molar-refractivity contribution in [3.05, 3.63) is 72.6 Å². The summed E-state index contributed by atoms with van der Waals surface area (Å²) in [6.07, 6.45) is 4.60. The molecule has 0 saturated carbocycles. The summed E-state index contributed by atoms with van der Waals surface area (Å²) in [6.45, 7) is 0.213. The number of aromatic nitrogens is 3. The third-order valence-corrected chi connectivity index (χ3v) is 4.78. The van der Waals surface area contributed by atoms with Gasteiger partial charge in [0.15, 0.2) is 0 Å². The van der Waals surface area contributed by atoms with Crippen LogP contribution in [0.15, 0.2) is 66.0 Å². The third-order valence-electron chi connectivity index (χ3n) is 3.37. The van der Waals surface area contributed by atoms with Crippen molar-refractivity contribution >= 4 is 10.0 Å². The average Bonchev–Trinajstić information content (AvgIpc) is 3.07. The lowest BCUT2D eigenvalue weighted by Gasteiger charge is -2.04. The monoisotopic (exact) mass is 346 g/mol. The van der Waals surface area contributed by atoms with Crippen LogP contribution in [0.4, 0.5) is 4.39 Å². The van der Waals surface area contributed by atoms with E-state index in [9.17, 15) is 12.8 Å². The first-order chi connectivity index (χ1) is 11.6. The molecule has 8 heteroatoms. The number of halogens is 1. The van der Waals surface area contributed by atoms with Crippen LogP contribution in [0.5, 0.6) is 0 Å². The molecule has 0 aliphatic heterocycles. The van der Waals surface area contributed by atoms with Crippen LogP contribution in [-0.4, -0.2) is 29.7 Å². The van der Waals surface area contributed by atoms with Crippen LogP contribution in [0.25, 0.3) is 5.69 Å². The molecule has 0 spiro atoms. The van der Waals surface area contributed by atoms with E-state index >= 15 is 0 Å². The largest absolute Gasteiger partial charge is 0.261 e. The minimum Gasteiger partial charge on any atom is -0.261 e. The van der Waals surface area contributed by atoms with Crippen molar-refractivity contribution < 1.29 is 12.8 Å². The van der Waals surface area contributed by atoms with Crippen LogP contribution in [0, 0.1) is 5.82 Å². The van der Waals surface area contributed by atoms with Gasteiger partial charge >= 0.3 is 0 Å². The molecule has 0 aliphatic carbocycles. The Morgan fingerprint density at radius 1 is 1.12 bits per heavy atom. The Balaban J connectivity index is 1.70. The number of hydrogen-bond donors (Lipinski definition) is 1. The van der Waals surface area contributed by atoms with Gasteiger partial charge in [0.1, 0.15) is 16.4 Å². The van der Waals surface area contributed by atoms with E-state index in [1.165, 1.54) is 29.2 Å². The molecule has 1 aromatic carbocycles. The predicted molar refractivity (Wildman–Crippen MR) is 86.7 cm³/mol. The summed E-state index contributed by atoms with van der Waals surface area (Å²) in [5, 5.41) is 3.92. The number of nitrogens with zero attached hydrogens (tertiary/aromatic N) is 3. The maximum absolute atomic E-state index is 13.7. The lowest BCUT2D eigenvalue weighted by molar-refractivity contribution is 0.581. The first-order valence-corrected chi connectivity index (χ1v) is 8.74. The Labute approximate surface area is 139 Å². The maximum atomic E-state index is 13.7. The fraction of sp³-hybridized carbons (Fsp3) is 0.125. The van der Waals surface area contributed by atoms with Gasteiger partial charge in [-0.15, -0.1) is 0 Å². The fourth-order valence-electron chi connectivity index (χ4n) is 2.16. The molecular formula is C16H15FN4O2S. The van der Waals surface area contributed by atoms with E-state index < -0.39 is 15.8 Å². The Bertz CT molecular complexity index is 926. The van der Waals surface area contributed by atoms with Gasteiger partial charge in [-0.2, -0.15) is 5.10 Å². The van der Waals surface area contributed by atoms with Gasteiger partial charge in [-0.1, -0.05) is 18.2 Å². The molecule has 0 fully saturated rings. The second kappa shape index (κ2) is 6.90. The molecule has 3 rings (SSSR count). The average molecular weight is 346 g/mol. The van der Waals surface area contributed by atoms with Crippen LogP contribution < -0.4 is 4.72 Å². The maximum Gasteiger partial charge on any atom is 0.243 e. The normalized spacial score (nSPS) is 11.5. The van der Waals surface area contributed by atoms with Crippen molar-refractivity contribution in [2.75, 3.05) is 6.54 Å². The van der Waals surface area contributed by atoms with E-state index in [1.54, 1.807) is 24.4 Å². The van der Waals surface area contributed by atoms with Gasteiger partial charge in [-0.05, 0) is 24.3 Å². The van der Waals surface area contributed by atoms with Gasteiger partial charge in [0.05, 0.1) is 12.4 Å². The molecule has 3 aromatic rings. The second-order valence-electron chi connectivity index (χ2n) is 5.04. The van der Waals surface area contributed by atoms with Gasteiger partial charge < -0.3 is 0 Å². The Morgan fingerprint density at radius 2 is 1.92 bits per heavy atom. The van der Waals surface area contributed by atoms with Gasteiger partial charge in [0, 0.05) is 24.9 Å². The molecule has 0 saturated heterocycles. The molecular weight excluding hydrogens is 331 g/mol. The van der Waals surface area contributed by atoms with E-state index in [1.807, 2.05) is 12.1 Å². The molecule has 0 bridgehead atoms. The molecule has 0 aliphatic rings. The molecule has 24 heavy (non-hydrogen) atoms. The van der Waals surface area contributed by atoms with Gasteiger partial charge in [-0.3, -0.25) is 4.98 Å². The molecule has 2 heterocycles. The number of rotatable bonds is 6. The number of hydrogen-bond acceptors (Lipinski definition) is 4. The van der Waals surface area contributed by atoms with Crippen LogP contribution in [-0.2, 0) is 16.4 Å². The van der Waals surface area contributed by atoms with Crippen LogP contribution in [0.1, 0.15) is 5.69 Å². The minimum atomic E-state index is -3.71. The van der Waals surface area contributed by atoms with Gasteiger partial charge in [0.25, 0.3) is 0 Å². The Morgan fingerprint density at radius 3 is 2.67 bits per heavy atom. The SMILES string of the molecule is O=S(=O)(NCCc1ccccn1)c1cnn(-c2ccccc2F)c1. The third kappa shape index (κ3) is 3.66. The summed E-state index contributed by atoms with van der Waals surface area (Å²) in [6, 6.07) is 11.5. The number of nitrogens with one attached hydrogen (secondary N) is 1. The lowest BCUT2D eigenvalue weighted by atomic mass is 10.3. The highest BCUT2D eigenvalue weighted by molar-refractivity contribution is 7.89. The fourth-order valence-corrected chi connectivity index (χ4v) is 3.12. The van der Waals surface area contributed by atoms with E-state index in [-0.39, 0.29) is 17.1 Å². The molecule has 0 unspecified atom stereocenters. The number of sulfonamides is 1. The standard InChI is InChI=1S/C16H15FN4O2S/c17-15-6-1-2-7-16(15)21-12-14(11-19-21)24(22,23)20-10-8-13-5-3-4-9-18-13/h1-7,9,11-12,20H,8,10H2. The zero-order valence-electron chi connectivity index (χ0n) is 12.6. The van der Waals surface area contributed by atoms with Crippen molar-refractivity contribution in [1.29, 1.82) is 0 Å². The predicted octanol–water partition coefficient (Wildman–Crippen LogP) is 1.93. The lowest BCUT2D eigenvalue weighted by Crippen LogP contribution is -2.25. The van der Waals surface area contributed by atoms with Crippen LogP contribution in [0.2, 0.25) is 0 Å². The van der Waals surface area contributed by atoms with Crippen molar-refractivity contribution in [2.24, 2.45) is 0 Å². The minimum absolute atomic E-state index is 0.0215. The zero-order valence-corrected chi connectivity index (χ0v) is 13.4. The highest BCUT2D eigenvalue weighted by Crippen LogP contribution is 2.15. The highest BCUT2D eigenvalue weighted by atomic mass is 32.2. The van der Waals surface area contributed by atoms with Crippen LogP contribution >= 0.6 is 0 Å². The molecule has 0 amide bonds. The number of pyridine rings is 1. The highest BCUT2D eigenvalue weighted by Gasteiger charge is 2.17. The van der Waals surface area contributed by atoms with E-state index in [4.69, 9.17) is 0 Å². The number of benzene rings is 1. The molecule has 2 aromatic heterocycles. The first-order valence-electron chi connectivity index (χ1n) is 7.25. The quantitative estimate of drug-likeness (QED) is 0.740.